The van der Waals surface area contributed by atoms with Gasteiger partial charge in [-0.05, 0) is 30.4 Å². The molecule has 0 aliphatic carbocycles. The largest absolute Gasteiger partial charge is 0.303 e. The second-order valence-corrected chi connectivity index (χ2v) is 7.42. The average Bonchev–Trinajstić information content (AvgIpc) is 2.98. The zero-order chi connectivity index (χ0) is 12.5. The van der Waals surface area contributed by atoms with Gasteiger partial charge in [0.15, 0.2) is 0 Å². The van der Waals surface area contributed by atoms with Gasteiger partial charge in [-0.15, -0.1) is 23.1 Å². The molecule has 2 unspecified atom stereocenters. The van der Waals surface area contributed by atoms with Crippen molar-refractivity contribution in [1.29, 1.82) is 0 Å². The highest BCUT2D eigenvalue weighted by molar-refractivity contribution is 8.01. The second-order valence-electron chi connectivity index (χ2n) is 4.80. The zero-order valence-electron chi connectivity index (χ0n) is 10.5. The number of aromatic nitrogens is 2. The minimum atomic E-state index is 0.330. The van der Waals surface area contributed by atoms with Crippen LogP contribution in [0.4, 0.5) is 0 Å². The van der Waals surface area contributed by atoms with Crippen LogP contribution in [-0.4, -0.2) is 15.4 Å². The number of nitrogens with one attached hydrogen (secondary N) is 2. The number of aromatic amines is 1. The molecule has 3 atom stereocenters. The van der Waals surface area contributed by atoms with E-state index in [1.807, 2.05) is 35.5 Å². The third-order valence-corrected chi connectivity index (χ3v) is 5.72. The van der Waals surface area contributed by atoms with Gasteiger partial charge in [0.05, 0.1) is 10.4 Å². The first-order valence-corrected chi connectivity index (χ1v) is 7.98. The van der Waals surface area contributed by atoms with E-state index < -0.39 is 0 Å². The van der Waals surface area contributed by atoms with Crippen molar-refractivity contribution in [1.82, 2.24) is 15.5 Å². The maximum atomic E-state index is 4.02. The van der Waals surface area contributed by atoms with Gasteiger partial charge in [-0.3, -0.25) is 5.10 Å². The standard InChI is InChI=1S/C13H17N3S2/c1-8-5-12(11-3-4-17-13(11)18-8)16-9(2)10-6-14-15-7-10/h3-4,6-9,12,16H,5H2,1-2H3,(H,14,15)/t8-,9?,12?/m0/s1. The molecule has 1 aliphatic rings. The summed E-state index contributed by atoms with van der Waals surface area (Å²) < 4.78 is 1.48. The number of H-pyrrole nitrogens is 1. The summed E-state index contributed by atoms with van der Waals surface area (Å²) in [5, 5.41) is 13.5. The molecule has 0 spiro atoms. The van der Waals surface area contributed by atoms with Gasteiger partial charge in [-0.1, -0.05) is 6.92 Å². The fourth-order valence-electron chi connectivity index (χ4n) is 2.40. The maximum absolute atomic E-state index is 4.02. The van der Waals surface area contributed by atoms with Crippen LogP contribution in [-0.2, 0) is 0 Å². The van der Waals surface area contributed by atoms with Crippen molar-refractivity contribution < 1.29 is 0 Å². The van der Waals surface area contributed by atoms with Gasteiger partial charge in [-0.2, -0.15) is 5.10 Å². The third-order valence-electron chi connectivity index (χ3n) is 3.38. The van der Waals surface area contributed by atoms with Crippen LogP contribution in [0.5, 0.6) is 0 Å². The Bertz CT molecular complexity index is 506. The van der Waals surface area contributed by atoms with Gasteiger partial charge in [0.25, 0.3) is 0 Å². The van der Waals surface area contributed by atoms with E-state index in [4.69, 9.17) is 0 Å². The highest BCUT2D eigenvalue weighted by Crippen LogP contribution is 2.44. The van der Waals surface area contributed by atoms with Crippen molar-refractivity contribution >= 4 is 23.1 Å². The molecule has 1 aliphatic heterocycles. The third kappa shape index (κ3) is 2.35. The smallest absolute Gasteiger partial charge is 0.0649 e. The van der Waals surface area contributed by atoms with E-state index in [1.165, 1.54) is 21.8 Å². The fraction of sp³-hybridized carbons (Fsp3) is 0.462. The molecule has 2 aromatic rings. The van der Waals surface area contributed by atoms with Gasteiger partial charge < -0.3 is 5.32 Å². The zero-order valence-corrected chi connectivity index (χ0v) is 12.1. The van der Waals surface area contributed by atoms with Crippen molar-refractivity contribution in [2.75, 3.05) is 0 Å². The lowest BCUT2D eigenvalue weighted by Crippen LogP contribution is -2.28. The molecule has 2 N–H and O–H groups in total. The molecule has 3 nitrogen and oxygen atoms in total. The molecule has 2 aromatic heterocycles. The minimum absolute atomic E-state index is 0.330. The van der Waals surface area contributed by atoms with Crippen LogP contribution in [0.3, 0.4) is 0 Å². The Morgan fingerprint density at radius 1 is 1.56 bits per heavy atom. The molecule has 18 heavy (non-hydrogen) atoms. The molecule has 3 heterocycles. The van der Waals surface area contributed by atoms with Crippen LogP contribution in [0.15, 0.2) is 28.0 Å². The van der Waals surface area contributed by atoms with Gasteiger partial charge in [0.2, 0.25) is 0 Å². The van der Waals surface area contributed by atoms with E-state index in [9.17, 15) is 0 Å². The summed E-state index contributed by atoms with van der Waals surface area (Å²) in [7, 11) is 0. The summed E-state index contributed by atoms with van der Waals surface area (Å²) in [4.78, 5) is 0. The number of hydrogen-bond acceptors (Lipinski definition) is 4. The number of rotatable bonds is 3. The van der Waals surface area contributed by atoms with E-state index in [0.717, 1.165) is 0 Å². The Morgan fingerprint density at radius 3 is 3.22 bits per heavy atom. The van der Waals surface area contributed by atoms with E-state index in [-0.39, 0.29) is 0 Å². The van der Waals surface area contributed by atoms with Crippen LogP contribution in [0.25, 0.3) is 0 Å². The Hall–Kier alpha value is -0.780. The number of thiophene rings is 1. The lowest BCUT2D eigenvalue weighted by atomic mass is 10.0. The Morgan fingerprint density at radius 2 is 2.44 bits per heavy atom. The summed E-state index contributed by atoms with van der Waals surface area (Å²) in [6, 6.07) is 3.06. The van der Waals surface area contributed by atoms with E-state index in [0.29, 0.717) is 17.3 Å². The van der Waals surface area contributed by atoms with E-state index in [1.54, 1.807) is 0 Å². The highest BCUT2D eigenvalue weighted by atomic mass is 32.2. The van der Waals surface area contributed by atoms with Crippen LogP contribution in [0, 0.1) is 0 Å². The lowest BCUT2D eigenvalue weighted by Gasteiger charge is -2.30. The Labute approximate surface area is 115 Å². The predicted molar refractivity (Wildman–Crippen MR) is 77.1 cm³/mol. The molecule has 5 heteroatoms. The van der Waals surface area contributed by atoms with Crippen molar-refractivity contribution in [3.63, 3.8) is 0 Å². The van der Waals surface area contributed by atoms with Crippen molar-refractivity contribution in [2.24, 2.45) is 0 Å². The van der Waals surface area contributed by atoms with E-state index >= 15 is 0 Å². The molecule has 0 saturated carbocycles. The van der Waals surface area contributed by atoms with Crippen molar-refractivity contribution in [3.8, 4) is 0 Å². The normalized spacial score (nSPS) is 24.8. The molecule has 0 aromatic carbocycles. The topological polar surface area (TPSA) is 40.7 Å². The maximum Gasteiger partial charge on any atom is 0.0649 e. The number of fused-ring (bicyclic) bond motifs is 1. The SMILES string of the molecule is CC(NC1C[C@H](C)Sc2sccc21)c1cn[nH]c1. The summed E-state index contributed by atoms with van der Waals surface area (Å²) in [6.07, 6.45) is 5.05. The summed E-state index contributed by atoms with van der Waals surface area (Å²) in [5.41, 5.74) is 2.69. The quantitative estimate of drug-likeness (QED) is 0.899. The van der Waals surface area contributed by atoms with Gasteiger partial charge >= 0.3 is 0 Å². The van der Waals surface area contributed by atoms with Crippen molar-refractivity contribution in [3.05, 3.63) is 35.0 Å². The molecular weight excluding hydrogens is 262 g/mol. The first-order chi connectivity index (χ1) is 8.74. The van der Waals surface area contributed by atoms with Gasteiger partial charge in [-0.25, -0.2) is 0 Å². The van der Waals surface area contributed by atoms with Gasteiger partial charge in [0, 0.05) is 29.1 Å². The molecule has 96 valence electrons. The highest BCUT2D eigenvalue weighted by Gasteiger charge is 2.27. The molecule has 0 bridgehead atoms. The van der Waals surface area contributed by atoms with Crippen LogP contribution >= 0.6 is 23.1 Å². The molecule has 0 amide bonds. The Kier molecular flexibility index (Phi) is 3.46. The fourth-order valence-corrected chi connectivity index (χ4v) is 4.97. The van der Waals surface area contributed by atoms with Crippen LogP contribution < -0.4 is 5.32 Å². The van der Waals surface area contributed by atoms with E-state index in [2.05, 4.69) is 40.8 Å². The molecule has 0 radical (unpaired) electrons. The van der Waals surface area contributed by atoms with Crippen LogP contribution in [0.1, 0.15) is 43.5 Å². The molecular formula is C13H17N3S2. The second kappa shape index (κ2) is 5.07. The Balaban J connectivity index is 1.78. The lowest BCUT2D eigenvalue weighted by molar-refractivity contribution is 0.435. The summed E-state index contributed by atoms with van der Waals surface area (Å²) in [6.45, 7) is 4.51. The first kappa shape index (κ1) is 12.3. The number of nitrogens with zero attached hydrogens (tertiary/aromatic N) is 1. The molecule has 0 saturated heterocycles. The minimum Gasteiger partial charge on any atom is -0.303 e. The summed E-state index contributed by atoms with van der Waals surface area (Å²) >= 11 is 3.87. The first-order valence-electron chi connectivity index (χ1n) is 6.23. The monoisotopic (exact) mass is 279 g/mol. The molecule has 3 rings (SSSR count). The average molecular weight is 279 g/mol. The predicted octanol–water partition coefficient (Wildman–Crippen LogP) is 3.75. The van der Waals surface area contributed by atoms with Gasteiger partial charge in [0.1, 0.15) is 0 Å². The van der Waals surface area contributed by atoms with Crippen LogP contribution in [0.2, 0.25) is 0 Å². The molecule has 0 fully saturated rings. The number of thioether (sulfide) groups is 1. The number of hydrogen-bond donors (Lipinski definition) is 2. The summed E-state index contributed by atoms with van der Waals surface area (Å²) in [5.74, 6) is 0. The van der Waals surface area contributed by atoms with Crippen molar-refractivity contribution in [2.45, 2.75) is 41.8 Å².